The number of hydrogen-bond donors (Lipinski definition) is 1. The van der Waals surface area contributed by atoms with Crippen LogP contribution >= 0.6 is 0 Å². The molecule has 0 aliphatic heterocycles. The monoisotopic (exact) mass is 423 g/mol. The number of carbonyl (C=O) groups is 1. The van der Waals surface area contributed by atoms with Gasteiger partial charge in [0.25, 0.3) is 5.91 Å². The van der Waals surface area contributed by atoms with Crippen molar-refractivity contribution in [2.75, 3.05) is 5.32 Å². The van der Waals surface area contributed by atoms with Gasteiger partial charge < -0.3 is 10.1 Å². The lowest BCUT2D eigenvalue weighted by atomic mass is 10.1. The highest BCUT2D eigenvalue weighted by Gasteiger charge is 2.19. The molecule has 4 aromatic rings. The minimum atomic E-state index is -2.93. The van der Waals surface area contributed by atoms with Crippen molar-refractivity contribution in [1.29, 1.82) is 0 Å². The first-order chi connectivity index (χ1) is 15.0. The molecule has 5 nitrogen and oxygen atoms in total. The summed E-state index contributed by atoms with van der Waals surface area (Å²) in [4.78, 5) is 13.0. The van der Waals surface area contributed by atoms with Crippen LogP contribution < -0.4 is 10.1 Å². The Kier molecular flexibility index (Phi) is 5.70. The van der Waals surface area contributed by atoms with E-state index in [1.807, 2.05) is 30.3 Å². The molecule has 0 fully saturated rings. The SMILES string of the molecule is O=C(Nc1ccc(F)cc1)c1cn(-c2ccccc2)nc1-c1ccc(OC(F)F)cc1. The summed E-state index contributed by atoms with van der Waals surface area (Å²) in [6.07, 6.45) is 1.58. The Morgan fingerprint density at radius 3 is 2.26 bits per heavy atom. The molecule has 0 spiro atoms. The molecule has 31 heavy (non-hydrogen) atoms. The van der Waals surface area contributed by atoms with Crippen LogP contribution in [0.25, 0.3) is 16.9 Å². The number of nitrogens with one attached hydrogen (secondary N) is 1. The molecule has 1 amide bonds. The van der Waals surface area contributed by atoms with Gasteiger partial charge in [-0.25, -0.2) is 9.07 Å². The number of para-hydroxylation sites is 1. The Balaban J connectivity index is 1.71. The van der Waals surface area contributed by atoms with Crippen LogP contribution in [-0.2, 0) is 0 Å². The summed E-state index contributed by atoms with van der Waals surface area (Å²) < 4.78 is 43.9. The van der Waals surface area contributed by atoms with E-state index in [1.54, 1.807) is 23.0 Å². The Labute approximate surface area is 175 Å². The summed E-state index contributed by atoms with van der Waals surface area (Å²) in [5, 5.41) is 7.24. The van der Waals surface area contributed by atoms with Gasteiger partial charge in [0.2, 0.25) is 0 Å². The highest BCUT2D eigenvalue weighted by atomic mass is 19.3. The molecule has 0 aliphatic rings. The molecule has 4 rings (SSSR count). The molecule has 0 unspecified atom stereocenters. The number of alkyl halides is 2. The lowest BCUT2D eigenvalue weighted by molar-refractivity contribution is -0.0498. The first-order valence-electron chi connectivity index (χ1n) is 9.27. The average Bonchev–Trinajstić information content (AvgIpc) is 3.22. The molecule has 1 heterocycles. The van der Waals surface area contributed by atoms with Gasteiger partial charge in [-0.3, -0.25) is 4.79 Å². The fourth-order valence-corrected chi connectivity index (χ4v) is 2.99. The summed E-state index contributed by atoms with van der Waals surface area (Å²) in [6.45, 7) is -2.93. The zero-order valence-corrected chi connectivity index (χ0v) is 16.0. The van der Waals surface area contributed by atoms with E-state index in [1.165, 1.54) is 36.4 Å². The second kappa shape index (κ2) is 8.74. The van der Waals surface area contributed by atoms with Gasteiger partial charge in [0.05, 0.1) is 11.3 Å². The van der Waals surface area contributed by atoms with Crippen LogP contribution in [0.5, 0.6) is 5.75 Å². The van der Waals surface area contributed by atoms with Crippen molar-refractivity contribution in [1.82, 2.24) is 9.78 Å². The van der Waals surface area contributed by atoms with E-state index < -0.39 is 18.3 Å². The topological polar surface area (TPSA) is 56.2 Å². The van der Waals surface area contributed by atoms with E-state index in [0.29, 0.717) is 16.9 Å². The van der Waals surface area contributed by atoms with Gasteiger partial charge in [0, 0.05) is 17.4 Å². The standard InChI is InChI=1S/C23H16F3N3O2/c24-16-8-10-17(11-9-16)27-22(30)20-14-29(18-4-2-1-3-5-18)28-21(20)15-6-12-19(13-7-15)31-23(25)26/h1-14,23H,(H,27,30). The minimum absolute atomic E-state index is 0.00134. The van der Waals surface area contributed by atoms with Crippen molar-refractivity contribution in [3.8, 4) is 22.7 Å². The fraction of sp³-hybridized carbons (Fsp3) is 0.0435. The maximum absolute atomic E-state index is 13.2. The third-order valence-electron chi connectivity index (χ3n) is 4.43. The van der Waals surface area contributed by atoms with E-state index in [9.17, 15) is 18.0 Å². The maximum atomic E-state index is 13.2. The van der Waals surface area contributed by atoms with E-state index >= 15 is 0 Å². The number of aromatic nitrogens is 2. The number of ether oxygens (including phenoxy) is 1. The molecule has 0 aliphatic carbocycles. The molecule has 1 N–H and O–H groups in total. The van der Waals surface area contributed by atoms with Gasteiger partial charge in [-0.05, 0) is 60.7 Å². The molecule has 1 aromatic heterocycles. The van der Waals surface area contributed by atoms with Crippen molar-refractivity contribution in [3.63, 3.8) is 0 Å². The van der Waals surface area contributed by atoms with Crippen LogP contribution in [0, 0.1) is 5.82 Å². The molecule has 0 saturated carbocycles. The number of benzene rings is 3. The molecule has 0 atom stereocenters. The van der Waals surface area contributed by atoms with Crippen LogP contribution in [0.1, 0.15) is 10.4 Å². The van der Waals surface area contributed by atoms with Crippen molar-refractivity contribution in [2.24, 2.45) is 0 Å². The third kappa shape index (κ3) is 4.75. The van der Waals surface area contributed by atoms with Crippen LogP contribution in [-0.4, -0.2) is 22.3 Å². The minimum Gasteiger partial charge on any atom is -0.435 e. The fourth-order valence-electron chi connectivity index (χ4n) is 2.99. The lowest BCUT2D eigenvalue weighted by Crippen LogP contribution is -2.12. The Morgan fingerprint density at radius 2 is 1.61 bits per heavy atom. The second-order valence-corrected chi connectivity index (χ2v) is 6.54. The number of carbonyl (C=O) groups excluding carboxylic acids is 1. The smallest absolute Gasteiger partial charge is 0.387 e. The second-order valence-electron chi connectivity index (χ2n) is 6.54. The van der Waals surface area contributed by atoms with Gasteiger partial charge in [0.1, 0.15) is 17.3 Å². The lowest BCUT2D eigenvalue weighted by Gasteiger charge is -2.07. The number of halogens is 3. The zero-order valence-electron chi connectivity index (χ0n) is 16.0. The van der Waals surface area contributed by atoms with Gasteiger partial charge in [-0.15, -0.1) is 0 Å². The zero-order chi connectivity index (χ0) is 21.8. The number of nitrogens with zero attached hydrogens (tertiary/aromatic N) is 2. The number of anilines is 1. The molecular weight excluding hydrogens is 407 g/mol. The molecule has 8 heteroatoms. The Bertz CT molecular complexity index is 1180. The summed E-state index contributed by atoms with van der Waals surface area (Å²) in [7, 11) is 0. The molecule has 0 saturated heterocycles. The molecule has 0 radical (unpaired) electrons. The molecular formula is C23H16F3N3O2. The summed E-state index contributed by atoms with van der Waals surface area (Å²) in [5.74, 6) is -0.864. The summed E-state index contributed by atoms with van der Waals surface area (Å²) in [5.41, 5.74) is 2.32. The predicted octanol–water partition coefficient (Wildman–Crippen LogP) is 5.53. The first-order valence-corrected chi connectivity index (χ1v) is 9.27. The normalized spacial score (nSPS) is 10.8. The molecule has 3 aromatic carbocycles. The Morgan fingerprint density at radius 1 is 0.935 bits per heavy atom. The van der Waals surface area contributed by atoms with Crippen molar-refractivity contribution in [3.05, 3.63) is 96.4 Å². The molecule has 0 bridgehead atoms. The van der Waals surface area contributed by atoms with Crippen molar-refractivity contribution >= 4 is 11.6 Å². The first kappa shape index (κ1) is 20.2. The third-order valence-corrected chi connectivity index (χ3v) is 4.43. The van der Waals surface area contributed by atoms with Gasteiger partial charge >= 0.3 is 6.61 Å². The van der Waals surface area contributed by atoms with E-state index in [4.69, 9.17) is 0 Å². The molecule has 156 valence electrons. The Hall–Kier alpha value is -4.07. The number of amides is 1. The number of hydrogen-bond acceptors (Lipinski definition) is 3. The summed E-state index contributed by atoms with van der Waals surface area (Å²) in [6, 6.07) is 20.4. The van der Waals surface area contributed by atoms with E-state index in [2.05, 4.69) is 15.2 Å². The quantitative estimate of drug-likeness (QED) is 0.444. The highest BCUT2D eigenvalue weighted by Crippen LogP contribution is 2.27. The summed E-state index contributed by atoms with van der Waals surface area (Å²) >= 11 is 0. The van der Waals surface area contributed by atoms with Crippen LogP contribution in [0.3, 0.4) is 0 Å². The predicted molar refractivity (Wildman–Crippen MR) is 110 cm³/mol. The van der Waals surface area contributed by atoms with Crippen LogP contribution in [0.4, 0.5) is 18.9 Å². The van der Waals surface area contributed by atoms with Gasteiger partial charge in [-0.2, -0.15) is 13.9 Å². The number of rotatable bonds is 6. The maximum Gasteiger partial charge on any atom is 0.387 e. The average molecular weight is 423 g/mol. The van der Waals surface area contributed by atoms with Crippen LogP contribution in [0.15, 0.2) is 85.1 Å². The van der Waals surface area contributed by atoms with E-state index in [0.717, 1.165) is 5.69 Å². The van der Waals surface area contributed by atoms with E-state index in [-0.39, 0.29) is 11.3 Å². The van der Waals surface area contributed by atoms with Crippen molar-refractivity contribution in [2.45, 2.75) is 6.61 Å². The van der Waals surface area contributed by atoms with Crippen LogP contribution in [0.2, 0.25) is 0 Å². The van der Waals surface area contributed by atoms with Crippen molar-refractivity contribution < 1.29 is 22.7 Å². The highest BCUT2D eigenvalue weighted by molar-refractivity contribution is 6.08. The largest absolute Gasteiger partial charge is 0.435 e. The van der Waals surface area contributed by atoms with Gasteiger partial charge in [-0.1, -0.05) is 18.2 Å². The van der Waals surface area contributed by atoms with Gasteiger partial charge in [0.15, 0.2) is 0 Å².